The Hall–Kier alpha value is -3.30. The maximum atomic E-state index is 13.0. The standard InChI is InChI=1S/C22H18ClN3O3/c1-22-14-19(27)26(21(29)25(22)12-11-24-20(22)28)18-10-9-16(13-17(18)23)8-7-15-5-3-2-4-6-15/h2-6,9-10,13H,11-12,14H2,1H3,(H,24,28). The molecule has 0 aliphatic carbocycles. The van der Waals surface area contributed by atoms with Crippen LogP contribution in [0.5, 0.6) is 0 Å². The van der Waals surface area contributed by atoms with E-state index in [-0.39, 0.29) is 17.4 Å². The van der Waals surface area contributed by atoms with Gasteiger partial charge in [0.25, 0.3) is 0 Å². The molecule has 2 aromatic rings. The van der Waals surface area contributed by atoms with E-state index in [0.717, 1.165) is 10.5 Å². The zero-order valence-corrected chi connectivity index (χ0v) is 16.5. The van der Waals surface area contributed by atoms with Gasteiger partial charge in [0.15, 0.2) is 0 Å². The minimum absolute atomic E-state index is 0.101. The fraction of sp³-hybridized carbons (Fsp3) is 0.227. The SMILES string of the molecule is CC12CC(=O)N(c3ccc(C#Cc4ccccc4)cc3Cl)C(=O)N1CCNC2=O. The van der Waals surface area contributed by atoms with Crippen LogP contribution in [0.25, 0.3) is 0 Å². The maximum Gasteiger partial charge on any atom is 0.332 e. The van der Waals surface area contributed by atoms with E-state index in [9.17, 15) is 14.4 Å². The molecule has 0 saturated carbocycles. The molecule has 146 valence electrons. The van der Waals surface area contributed by atoms with E-state index in [1.54, 1.807) is 25.1 Å². The second-order valence-electron chi connectivity index (χ2n) is 7.15. The van der Waals surface area contributed by atoms with Crippen molar-refractivity contribution in [2.45, 2.75) is 18.9 Å². The Morgan fingerprint density at radius 2 is 1.76 bits per heavy atom. The highest BCUT2D eigenvalue weighted by atomic mass is 35.5. The number of fused-ring (bicyclic) bond motifs is 1. The van der Waals surface area contributed by atoms with Crippen LogP contribution in [0, 0.1) is 11.8 Å². The fourth-order valence-electron chi connectivity index (χ4n) is 3.59. The van der Waals surface area contributed by atoms with Crippen LogP contribution in [-0.2, 0) is 9.59 Å². The van der Waals surface area contributed by atoms with Crippen molar-refractivity contribution in [2.24, 2.45) is 0 Å². The maximum absolute atomic E-state index is 13.0. The van der Waals surface area contributed by atoms with Crippen molar-refractivity contribution < 1.29 is 14.4 Å². The van der Waals surface area contributed by atoms with Crippen LogP contribution >= 0.6 is 11.6 Å². The first-order valence-corrected chi connectivity index (χ1v) is 9.57. The van der Waals surface area contributed by atoms with Gasteiger partial charge in [-0.05, 0) is 37.3 Å². The number of carbonyl (C=O) groups excluding carboxylic acids is 3. The molecule has 1 atom stereocenters. The van der Waals surface area contributed by atoms with Gasteiger partial charge >= 0.3 is 6.03 Å². The van der Waals surface area contributed by atoms with Crippen molar-refractivity contribution in [1.29, 1.82) is 0 Å². The van der Waals surface area contributed by atoms with Gasteiger partial charge in [-0.2, -0.15) is 0 Å². The lowest BCUT2D eigenvalue weighted by Gasteiger charge is -2.48. The number of anilines is 1. The summed E-state index contributed by atoms with van der Waals surface area (Å²) < 4.78 is 0. The summed E-state index contributed by atoms with van der Waals surface area (Å²) in [5.41, 5.74) is 0.662. The molecule has 0 spiro atoms. The topological polar surface area (TPSA) is 69.7 Å². The summed E-state index contributed by atoms with van der Waals surface area (Å²) in [4.78, 5) is 40.6. The average Bonchev–Trinajstić information content (AvgIpc) is 2.70. The molecule has 2 saturated heterocycles. The quantitative estimate of drug-likeness (QED) is 0.739. The van der Waals surface area contributed by atoms with E-state index in [2.05, 4.69) is 17.2 Å². The van der Waals surface area contributed by atoms with Gasteiger partial charge in [-0.15, -0.1) is 0 Å². The molecule has 1 N–H and O–H groups in total. The highest BCUT2D eigenvalue weighted by Crippen LogP contribution is 2.35. The molecule has 2 aliphatic heterocycles. The minimum atomic E-state index is -1.17. The van der Waals surface area contributed by atoms with E-state index in [1.165, 1.54) is 4.90 Å². The third kappa shape index (κ3) is 3.34. The summed E-state index contributed by atoms with van der Waals surface area (Å²) in [6.07, 6.45) is -0.101. The molecular formula is C22H18ClN3O3. The van der Waals surface area contributed by atoms with Gasteiger partial charge in [-0.3, -0.25) is 9.59 Å². The van der Waals surface area contributed by atoms with Crippen molar-refractivity contribution in [3.8, 4) is 11.8 Å². The summed E-state index contributed by atoms with van der Waals surface area (Å²) in [5.74, 6) is 5.29. The second-order valence-corrected chi connectivity index (χ2v) is 7.56. The number of nitrogens with one attached hydrogen (secondary N) is 1. The molecule has 2 aliphatic rings. The number of piperazine rings is 1. The molecule has 29 heavy (non-hydrogen) atoms. The molecule has 1 unspecified atom stereocenters. The number of hydrogen-bond acceptors (Lipinski definition) is 3. The van der Waals surface area contributed by atoms with Crippen molar-refractivity contribution in [3.05, 3.63) is 64.7 Å². The number of rotatable bonds is 1. The van der Waals surface area contributed by atoms with Crippen molar-refractivity contribution in [2.75, 3.05) is 18.0 Å². The molecule has 0 radical (unpaired) electrons. The Morgan fingerprint density at radius 1 is 1.03 bits per heavy atom. The number of hydrogen-bond donors (Lipinski definition) is 1. The monoisotopic (exact) mass is 407 g/mol. The van der Waals surface area contributed by atoms with E-state index in [4.69, 9.17) is 11.6 Å². The number of nitrogens with zero attached hydrogens (tertiary/aromatic N) is 2. The Labute approximate surface area is 173 Å². The minimum Gasteiger partial charge on any atom is -0.352 e. The second kappa shape index (κ2) is 7.26. The predicted octanol–water partition coefficient (Wildman–Crippen LogP) is 2.79. The Kier molecular flexibility index (Phi) is 4.77. The van der Waals surface area contributed by atoms with Crippen LogP contribution < -0.4 is 10.2 Å². The molecule has 4 amide bonds. The van der Waals surface area contributed by atoms with E-state index >= 15 is 0 Å². The van der Waals surface area contributed by atoms with Gasteiger partial charge in [0.05, 0.1) is 17.1 Å². The zero-order valence-electron chi connectivity index (χ0n) is 15.7. The Morgan fingerprint density at radius 3 is 2.48 bits per heavy atom. The lowest BCUT2D eigenvalue weighted by atomic mass is 9.89. The fourth-order valence-corrected chi connectivity index (χ4v) is 3.86. The first-order chi connectivity index (χ1) is 13.9. The lowest BCUT2D eigenvalue weighted by Crippen LogP contribution is -2.72. The molecule has 2 aromatic carbocycles. The summed E-state index contributed by atoms with van der Waals surface area (Å²) in [7, 11) is 0. The first kappa shape index (κ1) is 19.0. The van der Waals surface area contributed by atoms with Gasteiger partial charge in [0.1, 0.15) is 5.54 Å². The highest BCUT2D eigenvalue weighted by molar-refractivity contribution is 6.35. The molecule has 4 rings (SSSR count). The molecule has 2 heterocycles. The highest BCUT2D eigenvalue weighted by Gasteiger charge is 2.53. The zero-order chi connectivity index (χ0) is 20.6. The van der Waals surface area contributed by atoms with Gasteiger partial charge < -0.3 is 10.2 Å². The van der Waals surface area contributed by atoms with Gasteiger partial charge in [-0.25, -0.2) is 9.69 Å². The van der Waals surface area contributed by atoms with Crippen LogP contribution in [-0.4, -0.2) is 41.4 Å². The molecule has 0 aromatic heterocycles. The largest absolute Gasteiger partial charge is 0.352 e. The van der Waals surface area contributed by atoms with Gasteiger partial charge in [0.2, 0.25) is 11.8 Å². The van der Waals surface area contributed by atoms with Gasteiger partial charge in [-0.1, -0.05) is 41.6 Å². The van der Waals surface area contributed by atoms with E-state index < -0.39 is 17.5 Å². The normalized spacial score (nSPS) is 21.2. The number of halogens is 1. The Bertz CT molecular complexity index is 1070. The van der Waals surface area contributed by atoms with Crippen LogP contribution in [0.2, 0.25) is 5.02 Å². The van der Waals surface area contributed by atoms with E-state index in [0.29, 0.717) is 24.3 Å². The van der Waals surface area contributed by atoms with Crippen molar-refractivity contribution >= 4 is 35.1 Å². The number of benzene rings is 2. The van der Waals surface area contributed by atoms with Crippen LogP contribution in [0.4, 0.5) is 10.5 Å². The van der Waals surface area contributed by atoms with Crippen molar-refractivity contribution in [3.63, 3.8) is 0 Å². The first-order valence-electron chi connectivity index (χ1n) is 9.19. The number of amides is 4. The van der Waals surface area contributed by atoms with Gasteiger partial charge in [0, 0.05) is 24.2 Å². The molecule has 7 heteroatoms. The summed E-state index contributed by atoms with van der Waals surface area (Å²) in [5, 5.41) is 2.97. The molecule has 0 bridgehead atoms. The van der Waals surface area contributed by atoms with Crippen molar-refractivity contribution in [1.82, 2.24) is 10.2 Å². The third-order valence-electron chi connectivity index (χ3n) is 5.19. The summed E-state index contributed by atoms with van der Waals surface area (Å²) in [6.45, 7) is 2.30. The third-order valence-corrected chi connectivity index (χ3v) is 5.49. The van der Waals surface area contributed by atoms with Crippen LogP contribution in [0.15, 0.2) is 48.5 Å². The smallest absolute Gasteiger partial charge is 0.332 e. The predicted molar refractivity (Wildman–Crippen MR) is 109 cm³/mol. The van der Waals surface area contributed by atoms with Crippen LogP contribution in [0.3, 0.4) is 0 Å². The van der Waals surface area contributed by atoms with Crippen LogP contribution in [0.1, 0.15) is 24.5 Å². The Balaban J connectivity index is 1.63. The molecule has 2 fully saturated rings. The lowest BCUT2D eigenvalue weighted by molar-refractivity contribution is -0.140. The molecule has 6 nitrogen and oxygen atoms in total. The summed E-state index contributed by atoms with van der Waals surface area (Å²) in [6, 6.07) is 14.0. The number of carbonyl (C=O) groups is 3. The number of imide groups is 1. The molecular weight excluding hydrogens is 390 g/mol. The summed E-state index contributed by atoms with van der Waals surface area (Å²) >= 11 is 6.40. The number of urea groups is 1. The average molecular weight is 408 g/mol. The van der Waals surface area contributed by atoms with E-state index in [1.807, 2.05) is 30.3 Å².